The highest BCUT2D eigenvalue weighted by Gasteiger charge is 2.11. The molecule has 0 aliphatic carbocycles. The van der Waals surface area contributed by atoms with Crippen LogP contribution in [0.25, 0.3) is 0 Å². The van der Waals surface area contributed by atoms with E-state index in [9.17, 15) is 4.79 Å². The van der Waals surface area contributed by atoms with Gasteiger partial charge >= 0.3 is 0 Å². The number of amides is 1. The molecule has 1 N–H and O–H groups in total. The lowest BCUT2D eigenvalue weighted by atomic mass is 10.2. The van der Waals surface area contributed by atoms with Crippen LogP contribution < -0.4 is 10.1 Å². The maximum absolute atomic E-state index is 11.8. The standard InChI is InChI=1S/C12H13ClN2O2/c1-17-11-5-4-9(13)8-10(11)12(16)15-7-3-2-6-14/h4-5,8H,2-3,7H2,1H3,(H,15,16). The number of hydrogen-bond donors (Lipinski definition) is 1. The predicted octanol–water partition coefficient (Wildman–Crippen LogP) is 2.38. The topological polar surface area (TPSA) is 62.1 Å². The molecule has 1 aromatic rings. The van der Waals surface area contributed by atoms with Crippen molar-refractivity contribution in [1.82, 2.24) is 5.32 Å². The summed E-state index contributed by atoms with van der Waals surface area (Å²) >= 11 is 5.82. The van der Waals surface area contributed by atoms with Crippen LogP contribution in [0.5, 0.6) is 5.75 Å². The Labute approximate surface area is 105 Å². The van der Waals surface area contributed by atoms with Gasteiger partial charge in [0, 0.05) is 18.0 Å². The van der Waals surface area contributed by atoms with Gasteiger partial charge in [-0.05, 0) is 24.6 Å². The number of nitrogens with zero attached hydrogens (tertiary/aromatic N) is 1. The Balaban J connectivity index is 2.68. The Morgan fingerprint density at radius 3 is 3.00 bits per heavy atom. The van der Waals surface area contributed by atoms with Crippen molar-refractivity contribution in [1.29, 1.82) is 5.26 Å². The second kappa shape index (κ2) is 6.77. The maximum Gasteiger partial charge on any atom is 0.255 e. The number of carbonyl (C=O) groups is 1. The molecule has 0 heterocycles. The van der Waals surface area contributed by atoms with Crippen LogP contribution in [0.4, 0.5) is 0 Å². The number of methoxy groups -OCH3 is 1. The van der Waals surface area contributed by atoms with Crippen LogP contribution in [0.3, 0.4) is 0 Å². The van der Waals surface area contributed by atoms with Gasteiger partial charge in [-0.2, -0.15) is 5.26 Å². The smallest absolute Gasteiger partial charge is 0.255 e. The minimum atomic E-state index is -0.248. The summed E-state index contributed by atoms with van der Waals surface area (Å²) in [4.78, 5) is 11.8. The molecule has 90 valence electrons. The van der Waals surface area contributed by atoms with Crippen molar-refractivity contribution in [3.8, 4) is 11.8 Å². The predicted molar refractivity (Wildman–Crippen MR) is 65.2 cm³/mol. The normalized spacial score (nSPS) is 9.47. The van der Waals surface area contributed by atoms with E-state index in [0.717, 1.165) is 0 Å². The second-order valence-electron chi connectivity index (χ2n) is 3.36. The van der Waals surface area contributed by atoms with Crippen LogP contribution in [0.2, 0.25) is 5.02 Å². The third kappa shape index (κ3) is 3.97. The fourth-order valence-corrected chi connectivity index (χ4v) is 1.49. The zero-order chi connectivity index (χ0) is 12.7. The van der Waals surface area contributed by atoms with E-state index >= 15 is 0 Å². The Hall–Kier alpha value is -1.73. The van der Waals surface area contributed by atoms with Gasteiger partial charge in [0.25, 0.3) is 5.91 Å². The molecule has 0 bridgehead atoms. The van der Waals surface area contributed by atoms with Crippen LogP contribution in [-0.2, 0) is 0 Å². The average molecular weight is 253 g/mol. The first-order valence-corrected chi connectivity index (χ1v) is 5.55. The van der Waals surface area contributed by atoms with Gasteiger partial charge in [-0.3, -0.25) is 4.79 Å². The van der Waals surface area contributed by atoms with Crippen molar-refractivity contribution in [2.45, 2.75) is 12.8 Å². The first kappa shape index (κ1) is 13.3. The fourth-order valence-electron chi connectivity index (χ4n) is 1.32. The number of benzene rings is 1. The molecular formula is C12H13ClN2O2. The number of carbonyl (C=O) groups excluding carboxylic acids is 1. The molecule has 0 saturated carbocycles. The average Bonchev–Trinajstić information content (AvgIpc) is 2.34. The van der Waals surface area contributed by atoms with Gasteiger partial charge in [-0.15, -0.1) is 0 Å². The Morgan fingerprint density at radius 1 is 1.59 bits per heavy atom. The highest BCUT2D eigenvalue weighted by molar-refractivity contribution is 6.31. The largest absolute Gasteiger partial charge is 0.496 e. The van der Waals surface area contributed by atoms with Gasteiger partial charge in [-0.25, -0.2) is 0 Å². The van der Waals surface area contributed by atoms with Gasteiger partial charge in [-0.1, -0.05) is 11.6 Å². The van der Waals surface area contributed by atoms with E-state index in [1.54, 1.807) is 18.2 Å². The van der Waals surface area contributed by atoms with Gasteiger partial charge in [0.05, 0.1) is 18.7 Å². The van der Waals surface area contributed by atoms with Gasteiger partial charge in [0.2, 0.25) is 0 Å². The van der Waals surface area contributed by atoms with Crippen molar-refractivity contribution in [3.63, 3.8) is 0 Å². The molecule has 1 aromatic carbocycles. The third-order valence-electron chi connectivity index (χ3n) is 2.16. The lowest BCUT2D eigenvalue weighted by Crippen LogP contribution is -2.24. The summed E-state index contributed by atoms with van der Waals surface area (Å²) in [7, 11) is 1.50. The number of ether oxygens (including phenoxy) is 1. The number of unbranched alkanes of at least 4 members (excludes halogenated alkanes) is 1. The molecule has 0 unspecified atom stereocenters. The van der Waals surface area contributed by atoms with E-state index in [-0.39, 0.29) is 5.91 Å². The Bertz CT molecular complexity index is 441. The molecule has 0 aliphatic heterocycles. The monoisotopic (exact) mass is 252 g/mol. The number of halogens is 1. The first-order valence-electron chi connectivity index (χ1n) is 5.17. The van der Waals surface area contributed by atoms with Crippen molar-refractivity contribution in [3.05, 3.63) is 28.8 Å². The van der Waals surface area contributed by atoms with Crippen LogP contribution in [-0.4, -0.2) is 19.6 Å². The molecule has 0 spiro atoms. The maximum atomic E-state index is 11.8. The highest BCUT2D eigenvalue weighted by atomic mass is 35.5. The van der Waals surface area contributed by atoms with Gasteiger partial charge in [0.1, 0.15) is 5.75 Å². The molecule has 17 heavy (non-hydrogen) atoms. The third-order valence-corrected chi connectivity index (χ3v) is 2.39. The van der Waals surface area contributed by atoms with Crippen molar-refractivity contribution in [2.75, 3.05) is 13.7 Å². The van der Waals surface area contributed by atoms with Gasteiger partial charge < -0.3 is 10.1 Å². The summed E-state index contributed by atoms with van der Waals surface area (Å²) in [6, 6.07) is 6.88. The van der Waals surface area contributed by atoms with E-state index in [1.807, 2.05) is 6.07 Å². The summed E-state index contributed by atoms with van der Waals surface area (Å²) in [6.07, 6.45) is 1.05. The number of rotatable bonds is 5. The summed E-state index contributed by atoms with van der Waals surface area (Å²) < 4.78 is 5.08. The summed E-state index contributed by atoms with van der Waals surface area (Å²) in [5.74, 6) is 0.231. The summed E-state index contributed by atoms with van der Waals surface area (Å²) in [5, 5.41) is 11.6. The minimum Gasteiger partial charge on any atom is -0.496 e. The molecule has 1 rings (SSSR count). The van der Waals surface area contributed by atoms with E-state index < -0.39 is 0 Å². The zero-order valence-electron chi connectivity index (χ0n) is 9.50. The highest BCUT2D eigenvalue weighted by Crippen LogP contribution is 2.22. The first-order chi connectivity index (χ1) is 8.19. The lowest BCUT2D eigenvalue weighted by Gasteiger charge is -2.09. The van der Waals surface area contributed by atoms with Crippen molar-refractivity contribution < 1.29 is 9.53 Å². The number of nitriles is 1. The van der Waals surface area contributed by atoms with E-state index in [4.69, 9.17) is 21.6 Å². The molecule has 0 atom stereocenters. The lowest BCUT2D eigenvalue weighted by molar-refractivity contribution is 0.0950. The second-order valence-corrected chi connectivity index (χ2v) is 3.80. The molecule has 0 saturated heterocycles. The molecule has 1 amide bonds. The minimum absolute atomic E-state index is 0.248. The molecule has 0 aliphatic rings. The molecule has 0 fully saturated rings. The Morgan fingerprint density at radius 2 is 2.35 bits per heavy atom. The number of hydrogen-bond acceptors (Lipinski definition) is 3. The SMILES string of the molecule is COc1ccc(Cl)cc1C(=O)NCCCC#N. The quantitative estimate of drug-likeness (QED) is 0.819. The molecular weight excluding hydrogens is 240 g/mol. The fraction of sp³-hybridized carbons (Fsp3) is 0.333. The molecule has 0 radical (unpaired) electrons. The summed E-state index contributed by atoms with van der Waals surface area (Å²) in [6.45, 7) is 0.460. The zero-order valence-corrected chi connectivity index (χ0v) is 10.3. The van der Waals surface area contributed by atoms with Gasteiger partial charge in [0.15, 0.2) is 0 Å². The molecule has 4 nitrogen and oxygen atoms in total. The van der Waals surface area contributed by atoms with Crippen LogP contribution in [0.1, 0.15) is 23.2 Å². The van der Waals surface area contributed by atoms with E-state index in [1.165, 1.54) is 7.11 Å². The van der Waals surface area contributed by atoms with Crippen molar-refractivity contribution in [2.24, 2.45) is 0 Å². The Kier molecular flexibility index (Phi) is 5.31. The van der Waals surface area contributed by atoms with Crippen LogP contribution in [0, 0.1) is 11.3 Å². The number of nitrogens with one attached hydrogen (secondary N) is 1. The van der Waals surface area contributed by atoms with Crippen molar-refractivity contribution >= 4 is 17.5 Å². The summed E-state index contributed by atoms with van der Waals surface area (Å²) in [5.41, 5.74) is 0.400. The van der Waals surface area contributed by atoms with E-state index in [2.05, 4.69) is 5.32 Å². The molecule has 5 heteroatoms. The molecule has 0 aromatic heterocycles. The van der Waals surface area contributed by atoms with Crippen LogP contribution in [0.15, 0.2) is 18.2 Å². The van der Waals surface area contributed by atoms with Crippen LogP contribution >= 0.6 is 11.6 Å². The van der Waals surface area contributed by atoms with E-state index in [0.29, 0.717) is 35.7 Å².